The van der Waals surface area contributed by atoms with Crippen molar-refractivity contribution >= 4 is 0 Å². The molecule has 0 bridgehead atoms. The van der Waals surface area contributed by atoms with Crippen molar-refractivity contribution in [3.63, 3.8) is 0 Å². The first-order valence-corrected chi connectivity index (χ1v) is 7.42. The zero-order valence-corrected chi connectivity index (χ0v) is 12.5. The zero-order chi connectivity index (χ0) is 12.8. The van der Waals surface area contributed by atoms with Gasteiger partial charge < -0.3 is 10.2 Å². The van der Waals surface area contributed by atoms with Crippen LogP contribution in [-0.2, 0) is 0 Å². The zero-order valence-electron chi connectivity index (χ0n) is 12.5. The summed E-state index contributed by atoms with van der Waals surface area (Å²) in [6, 6.07) is 0.694. The molecule has 0 heterocycles. The van der Waals surface area contributed by atoms with Gasteiger partial charge >= 0.3 is 0 Å². The molecule has 4 unspecified atom stereocenters. The Morgan fingerprint density at radius 1 is 1.18 bits per heavy atom. The van der Waals surface area contributed by atoms with Gasteiger partial charge in [-0.1, -0.05) is 27.2 Å². The molecule has 2 heteroatoms. The van der Waals surface area contributed by atoms with Crippen molar-refractivity contribution < 1.29 is 0 Å². The molecule has 0 aromatic carbocycles. The smallest absolute Gasteiger partial charge is 0.0223 e. The van der Waals surface area contributed by atoms with E-state index in [9.17, 15) is 0 Å². The van der Waals surface area contributed by atoms with Gasteiger partial charge in [-0.3, -0.25) is 0 Å². The lowest BCUT2D eigenvalue weighted by molar-refractivity contribution is 0.153. The molecule has 1 aliphatic carbocycles. The fraction of sp³-hybridized carbons (Fsp3) is 1.00. The lowest BCUT2D eigenvalue weighted by Gasteiger charge is -2.38. The summed E-state index contributed by atoms with van der Waals surface area (Å²) in [6.07, 6.45) is 5.49. The third-order valence-corrected chi connectivity index (χ3v) is 4.43. The van der Waals surface area contributed by atoms with Gasteiger partial charge in [0, 0.05) is 12.6 Å². The van der Waals surface area contributed by atoms with E-state index in [-0.39, 0.29) is 0 Å². The maximum absolute atomic E-state index is 3.76. The van der Waals surface area contributed by atoms with E-state index in [0.29, 0.717) is 6.04 Å². The van der Waals surface area contributed by atoms with Gasteiger partial charge in [0.05, 0.1) is 0 Å². The van der Waals surface area contributed by atoms with Crippen LogP contribution in [0.15, 0.2) is 0 Å². The number of hydrogen-bond donors (Lipinski definition) is 1. The Morgan fingerprint density at radius 2 is 1.88 bits per heavy atom. The largest absolute Gasteiger partial charge is 0.312 e. The third-order valence-electron chi connectivity index (χ3n) is 4.43. The molecule has 1 N–H and O–H groups in total. The fourth-order valence-electron chi connectivity index (χ4n) is 3.06. The molecular formula is C15H32N2. The van der Waals surface area contributed by atoms with Gasteiger partial charge in [0.2, 0.25) is 0 Å². The summed E-state index contributed by atoms with van der Waals surface area (Å²) in [4.78, 5) is 2.33. The summed E-state index contributed by atoms with van der Waals surface area (Å²) < 4.78 is 0. The average molecular weight is 240 g/mol. The first-order valence-electron chi connectivity index (χ1n) is 7.42. The van der Waals surface area contributed by atoms with E-state index >= 15 is 0 Å². The molecule has 1 aliphatic rings. The maximum Gasteiger partial charge on any atom is 0.0223 e. The van der Waals surface area contributed by atoms with Gasteiger partial charge in [-0.05, 0) is 57.7 Å². The van der Waals surface area contributed by atoms with Crippen LogP contribution in [0.4, 0.5) is 0 Å². The van der Waals surface area contributed by atoms with E-state index in [4.69, 9.17) is 0 Å². The standard InChI is InChI=1S/C15H32N2/c1-6-9-16-15(11-17(4)5)14-8-7-12(2)13(3)10-14/h12-16H,6-11H2,1-5H3. The Bertz CT molecular complexity index is 203. The molecule has 0 aromatic heterocycles. The molecule has 0 spiro atoms. The van der Waals surface area contributed by atoms with Crippen LogP contribution in [-0.4, -0.2) is 38.1 Å². The Balaban J connectivity index is 2.50. The summed E-state index contributed by atoms with van der Waals surface area (Å²) in [5.41, 5.74) is 0. The van der Waals surface area contributed by atoms with Crippen molar-refractivity contribution in [3.05, 3.63) is 0 Å². The summed E-state index contributed by atoms with van der Waals surface area (Å²) in [5, 5.41) is 3.76. The second-order valence-corrected chi connectivity index (χ2v) is 6.35. The normalized spacial score (nSPS) is 31.8. The minimum absolute atomic E-state index is 0.694. The number of nitrogens with zero attached hydrogens (tertiary/aromatic N) is 1. The molecule has 0 aromatic rings. The van der Waals surface area contributed by atoms with Gasteiger partial charge in [0.25, 0.3) is 0 Å². The van der Waals surface area contributed by atoms with Crippen molar-refractivity contribution in [3.8, 4) is 0 Å². The minimum atomic E-state index is 0.694. The molecule has 1 saturated carbocycles. The average Bonchev–Trinajstić information content (AvgIpc) is 2.27. The Labute approximate surface area is 108 Å². The highest BCUT2D eigenvalue weighted by Crippen LogP contribution is 2.35. The summed E-state index contributed by atoms with van der Waals surface area (Å²) in [5.74, 6) is 2.72. The summed E-state index contributed by atoms with van der Waals surface area (Å²) in [7, 11) is 4.38. The molecule has 0 amide bonds. The van der Waals surface area contributed by atoms with Crippen molar-refractivity contribution in [2.45, 2.75) is 52.5 Å². The van der Waals surface area contributed by atoms with Crippen LogP contribution in [0.2, 0.25) is 0 Å². The molecule has 1 rings (SSSR count). The van der Waals surface area contributed by atoms with Gasteiger partial charge in [-0.2, -0.15) is 0 Å². The van der Waals surface area contributed by atoms with Gasteiger partial charge in [0.1, 0.15) is 0 Å². The molecular weight excluding hydrogens is 208 g/mol. The second kappa shape index (κ2) is 7.38. The fourth-order valence-corrected chi connectivity index (χ4v) is 3.06. The SMILES string of the molecule is CCCNC(CN(C)C)C1CCC(C)C(C)C1. The maximum atomic E-state index is 3.76. The van der Waals surface area contributed by atoms with Gasteiger partial charge in [-0.15, -0.1) is 0 Å². The van der Waals surface area contributed by atoms with Crippen LogP contribution in [0.25, 0.3) is 0 Å². The van der Waals surface area contributed by atoms with Gasteiger partial charge in [0.15, 0.2) is 0 Å². The molecule has 0 radical (unpaired) electrons. The molecule has 102 valence electrons. The lowest BCUT2D eigenvalue weighted by Crippen LogP contribution is -2.46. The Morgan fingerprint density at radius 3 is 2.41 bits per heavy atom. The lowest BCUT2D eigenvalue weighted by atomic mass is 9.73. The van der Waals surface area contributed by atoms with Gasteiger partial charge in [-0.25, -0.2) is 0 Å². The summed E-state index contributed by atoms with van der Waals surface area (Å²) >= 11 is 0. The van der Waals surface area contributed by atoms with Crippen LogP contribution < -0.4 is 5.32 Å². The number of rotatable bonds is 6. The predicted octanol–water partition coefficient (Wildman–Crippen LogP) is 2.99. The number of hydrogen-bond acceptors (Lipinski definition) is 2. The van der Waals surface area contributed by atoms with E-state index in [1.165, 1.54) is 38.8 Å². The van der Waals surface area contributed by atoms with E-state index in [1.54, 1.807) is 0 Å². The van der Waals surface area contributed by atoms with Crippen molar-refractivity contribution in [2.24, 2.45) is 17.8 Å². The first-order chi connectivity index (χ1) is 8.04. The van der Waals surface area contributed by atoms with Crippen molar-refractivity contribution in [1.29, 1.82) is 0 Å². The van der Waals surface area contributed by atoms with Crippen LogP contribution in [0.3, 0.4) is 0 Å². The van der Waals surface area contributed by atoms with Crippen LogP contribution in [0, 0.1) is 17.8 Å². The molecule has 0 saturated heterocycles. The van der Waals surface area contributed by atoms with Crippen LogP contribution in [0.5, 0.6) is 0 Å². The number of likely N-dealkylation sites (N-methyl/N-ethyl adjacent to an activating group) is 1. The Kier molecular flexibility index (Phi) is 6.50. The van der Waals surface area contributed by atoms with Crippen molar-refractivity contribution in [1.82, 2.24) is 10.2 Å². The summed E-state index contributed by atoms with van der Waals surface area (Å²) in [6.45, 7) is 9.46. The molecule has 0 aliphatic heterocycles. The molecule has 2 nitrogen and oxygen atoms in total. The van der Waals surface area contributed by atoms with Crippen molar-refractivity contribution in [2.75, 3.05) is 27.2 Å². The van der Waals surface area contributed by atoms with E-state index in [0.717, 1.165) is 17.8 Å². The highest BCUT2D eigenvalue weighted by atomic mass is 15.1. The quantitative estimate of drug-likeness (QED) is 0.768. The van der Waals surface area contributed by atoms with Crippen LogP contribution in [0.1, 0.15) is 46.5 Å². The Hall–Kier alpha value is -0.0800. The first kappa shape index (κ1) is 15.0. The van der Waals surface area contributed by atoms with E-state index < -0.39 is 0 Å². The third kappa shape index (κ3) is 4.97. The number of nitrogens with one attached hydrogen (secondary N) is 1. The highest BCUT2D eigenvalue weighted by molar-refractivity contribution is 4.85. The van der Waals surface area contributed by atoms with Crippen LogP contribution >= 0.6 is 0 Å². The van der Waals surface area contributed by atoms with E-state index in [2.05, 4.69) is 45.1 Å². The molecule has 1 fully saturated rings. The second-order valence-electron chi connectivity index (χ2n) is 6.35. The molecule has 4 atom stereocenters. The monoisotopic (exact) mass is 240 g/mol. The predicted molar refractivity (Wildman–Crippen MR) is 76.3 cm³/mol. The topological polar surface area (TPSA) is 15.3 Å². The minimum Gasteiger partial charge on any atom is -0.312 e. The van der Waals surface area contributed by atoms with E-state index in [1.807, 2.05) is 0 Å². The highest BCUT2D eigenvalue weighted by Gasteiger charge is 2.29. The molecule has 17 heavy (non-hydrogen) atoms.